The van der Waals surface area contributed by atoms with E-state index >= 15 is 0 Å². The number of aromatic nitrogens is 2. The number of halogens is 1. The summed E-state index contributed by atoms with van der Waals surface area (Å²) in [6, 6.07) is 2.21. The molecule has 0 aliphatic heterocycles. The maximum Gasteiger partial charge on any atom is 0.0624 e. The fourth-order valence-electron chi connectivity index (χ4n) is 1.45. The molecular formula is C11H19BrN2. The summed E-state index contributed by atoms with van der Waals surface area (Å²) < 4.78 is 2.00. The van der Waals surface area contributed by atoms with Crippen LogP contribution in [0.1, 0.15) is 32.2 Å². The number of hydrogen-bond donors (Lipinski definition) is 0. The molecule has 0 unspecified atom stereocenters. The summed E-state index contributed by atoms with van der Waals surface area (Å²) in [6.45, 7) is 6.67. The maximum absolute atomic E-state index is 4.45. The first-order valence-electron chi connectivity index (χ1n) is 5.06. The monoisotopic (exact) mass is 258 g/mol. The smallest absolute Gasteiger partial charge is 0.0624 e. The Hall–Kier alpha value is -0.310. The fourth-order valence-corrected chi connectivity index (χ4v) is 1.65. The molecule has 0 fully saturated rings. The zero-order valence-corrected chi connectivity index (χ0v) is 11.1. The van der Waals surface area contributed by atoms with Crippen LogP contribution in [-0.2, 0) is 19.9 Å². The van der Waals surface area contributed by atoms with Gasteiger partial charge in [-0.1, -0.05) is 36.7 Å². The Labute approximate surface area is 94.8 Å². The van der Waals surface area contributed by atoms with Gasteiger partial charge in [0.2, 0.25) is 0 Å². The van der Waals surface area contributed by atoms with Crippen LogP contribution >= 0.6 is 15.9 Å². The summed E-state index contributed by atoms with van der Waals surface area (Å²) in [5.74, 6) is 0. The third-order valence-electron chi connectivity index (χ3n) is 2.41. The van der Waals surface area contributed by atoms with Crippen LogP contribution < -0.4 is 0 Å². The van der Waals surface area contributed by atoms with Crippen molar-refractivity contribution in [1.29, 1.82) is 0 Å². The Morgan fingerprint density at radius 3 is 2.57 bits per heavy atom. The van der Waals surface area contributed by atoms with Gasteiger partial charge in [0.25, 0.3) is 0 Å². The summed E-state index contributed by atoms with van der Waals surface area (Å²) in [5, 5.41) is 5.47. The molecule has 80 valence electrons. The first-order chi connectivity index (χ1) is 6.48. The lowest BCUT2D eigenvalue weighted by atomic mass is 9.90. The first-order valence-corrected chi connectivity index (χ1v) is 6.18. The SMILES string of the molecule is CCc1cc(CC(C)(C)CBr)n(C)n1. The highest BCUT2D eigenvalue weighted by Crippen LogP contribution is 2.24. The van der Waals surface area contributed by atoms with Crippen molar-refractivity contribution in [2.75, 3.05) is 5.33 Å². The molecule has 1 aromatic rings. The van der Waals surface area contributed by atoms with E-state index in [9.17, 15) is 0 Å². The largest absolute Gasteiger partial charge is 0.272 e. The Morgan fingerprint density at radius 2 is 2.14 bits per heavy atom. The van der Waals surface area contributed by atoms with E-state index in [-0.39, 0.29) is 0 Å². The second kappa shape index (κ2) is 4.47. The van der Waals surface area contributed by atoms with E-state index in [2.05, 4.69) is 47.9 Å². The Morgan fingerprint density at radius 1 is 1.50 bits per heavy atom. The standard InChI is InChI=1S/C11H19BrN2/c1-5-9-6-10(14(4)13-9)7-11(2,3)8-12/h6H,5,7-8H2,1-4H3. The van der Waals surface area contributed by atoms with Crippen molar-refractivity contribution in [2.45, 2.75) is 33.6 Å². The highest BCUT2D eigenvalue weighted by Gasteiger charge is 2.19. The summed E-state index contributed by atoms with van der Waals surface area (Å²) in [5.41, 5.74) is 2.82. The zero-order chi connectivity index (χ0) is 10.8. The molecule has 1 aromatic heterocycles. The molecule has 2 nitrogen and oxygen atoms in total. The Kier molecular flexibility index (Phi) is 3.76. The van der Waals surface area contributed by atoms with Crippen LogP contribution in [-0.4, -0.2) is 15.1 Å². The van der Waals surface area contributed by atoms with Crippen LogP contribution in [0.5, 0.6) is 0 Å². The molecule has 1 heterocycles. The molecule has 0 spiro atoms. The summed E-state index contributed by atoms with van der Waals surface area (Å²) in [7, 11) is 2.03. The number of nitrogens with zero attached hydrogens (tertiary/aromatic N) is 2. The molecule has 0 saturated heterocycles. The van der Waals surface area contributed by atoms with E-state index in [0.29, 0.717) is 5.41 Å². The average Bonchev–Trinajstić information content (AvgIpc) is 2.47. The van der Waals surface area contributed by atoms with Gasteiger partial charge in [-0.2, -0.15) is 5.10 Å². The van der Waals surface area contributed by atoms with Gasteiger partial charge in [-0.25, -0.2) is 0 Å². The van der Waals surface area contributed by atoms with Gasteiger partial charge in [0.1, 0.15) is 0 Å². The van der Waals surface area contributed by atoms with Crippen molar-refractivity contribution in [3.8, 4) is 0 Å². The zero-order valence-electron chi connectivity index (χ0n) is 9.47. The number of hydrogen-bond acceptors (Lipinski definition) is 1. The van der Waals surface area contributed by atoms with Gasteiger partial charge in [0, 0.05) is 18.1 Å². The highest BCUT2D eigenvalue weighted by atomic mass is 79.9. The summed E-state index contributed by atoms with van der Waals surface area (Å²) in [6.07, 6.45) is 2.09. The minimum absolute atomic E-state index is 0.304. The topological polar surface area (TPSA) is 17.8 Å². The predicted octanol–water partition coefficient (Wildman–Crippen LogP) is 2.95. The van der Waals surface area contributed by atoms with Crippen LogP contribution in [0.25, 0.3) is 0 Å². The van der Waals surface area contributed by atoms with Crippen molar-refractivity contribution in [1.82, 2.24) is 9.78 Å². The van der Waals surface area contributed by atoms with Crippen molar-refractivity contribution in [2.24, 2.45) is 12.5 Å². The molecule has 0 atom stereocenters. The second-order valence-corrected chi connectivity index (χ2v) is 5.14. The van der Waals surface area contributed by atoms with Crippen molar-refractivity contribution in [3.05, 3.63) is 17.5 Å². The van der Waals surface area contributed by atoms with Gasteiger partial charge < -0.3 is 0 Å². The van der Waals surface area contributed by atoms with Crippen molar-refractivity contribution >= 4 is 15.9 Å². The first kappa shape index (κ1) is 11.8. The molecule has 1 rings (SSSR count). The highest BCUT2D eigenvalue weighted by molar-refractivity contribution is 9.09. The van der Waals surface area contributed by atoms with Crippen LogP contribution in [0, 0.1) is 5.41 Å². The van der Waals surface area contributed by atoms with E-state index in [1.807, 2.05) is 11.7 Å². The third-order valence-corrected chi connectivity index (χ3v) is 3.93. The molecule has 0 radical (unpaired) electrons. The molecule has 0 amide bonds. The predicted molar refractivity (Wildman–Crippen MR) is 63.9 cm³/mol. The molecule has 0 bridgehead atoms. The van der Waals surface area contributed by atoms with Gasteiger partial charge in [0.15, 0.2) is 0 Å². The van der Waals surface area contributed by atoms with Crippen molar-refractivity contribution < 1.29 is 0 Å². The Bertz CT molecular complexity index is 302. The number of rotatable bonds is 4. The maximum atomic E-state index is 4.45. The lowest BCUT2D eigenvalue weighted by Gasteiger charge is -2.21. The molecule has 3 heteroatoms. The molecule has 0 N–H and O–H groups in total. The van der Waals surface area contributed by atoms with E-state index in [0.717, 1.165) is 18.2 Å². The van der Waals surface area contributed by atoms with Crippen LogP contribution in [0.2, 0.25) is 0 Å². The molecule has 0 aliphatic rings. The second-order valence-electron chi connectivity index (χ2n) is 4.58. The molecular weight excluding hydrogens is 240 g/mol. The minimum atomic E-state index is 0.304. The Balaban J connectivity index is 2.81. The van der Waals surface area contributed by atoms with E-state index in [4.69, 9.17) is 0 Å². The molecule has 0 saturated carbocycles. The van der Waals surface area contributed by atoms with Gasteiger partial charge in [-0.3, -0.25) is 4.68 Å². The van der Waals surface area contributed by atoms with Crippen LogP contribution in [0.4, 0.5) is 0 Å². The average molecular weight is 259 g/mol. The lowest BCUT2D eigenvalue weighted by molar-refractivity contribution is 0.410. The van der Waals surface area contributed by atoms with Crippen LogP contribution in [0.15, 0.2) is 6.07 Å². The third kappa shape index (κ3) is 2.84. The summed E-state index contributed by atoms with van der Waals surface area (Å²) in [4.78, 5) is 0. The normalized spacial score (nSPS) is 12.1. The van der Waals surface area contributed by atoms with Gasteiger partial charge >= 0.3 is 0 Å². The van der Waals surface area contributed by atoms with Gasteiger partial charge in [-0.15, -0.1) is 0 Å². The van der Waals surface area contributed by atoms with E-state index in [1.165, 1.54) is 11.4 Å². The number of alkyl halides is 1. The quantitative estimate of drug-likeness (QED) is 0.760. The summed E-state index contributed by atoms with van der Waals surface area (Å²) >= 11 is 3.55. The van der Waals surface area contributed by atoms with Crippen molar-refractivity contribution in [3.63, 3.8) is 0 Å². The molecule has 0 aliphatic carbocycles. The minimum Gasteiger partial charge on any atom is -0.272 e. The lowest BCUT2D eigenvalue weighted by Crippen LogP contribution is -2.18. The van der Waals surface area contributed by atoms with Crippen LogP contribution in [0.3, 0.4) is 0 Å². The van der Waals surface area contributed by atoms with E-state index < -0.39 is 0 Å². The molecule has 14 heavy (non-hydrogen) atoms. The number of aryl methyl sites for hydroxylation is 2. The van der Waals surface area contributed by atoms with Gasteiger partial charge in [0.05, 0.1) is 5.69 Å². The molecule has 0 aromatic carbocycles. The van der Waals surface area contributed by atoms with E-state index in [1.54, 1.807) is 0 Å². The fraction of sp³-hybridized carbons (Fsp3) is 0.727. The van der Waals surface area contributed by atoms with Gasteiger partial charge in [-0.05, 0) is 24.3 Å².